The smallest absolute Gasteiger partial charge is 0.243 e. The summed E-state index contributed by atoms with van der Waals surface area (Å²) in [6.07, 6.45) is 2.84. The van der Waals surface area contributed by atoms with Gasteiger partial charge in [-0.3, -0.25) is 9.59 Å². The van der Waals surface area contributed by atoms with Crippen LogP contribution in [-0.4, -0.2) is 28.8 Å². The fourth-order valence-electron chi connectivity index (χ4n) is 3.92. The van der Waals surface area contributed by atoms with Crippen molar-refractivity contribution >= 4 is 11.8 Å². The van der Waals surface area contributed by atoms with Gasteiger partial charge in [0, 0.05) is 25.4 Å². The molecule has 0 saturated carbocycles. The number of benzene rings is 2. The Bertz CT molecular complexity index is 832. The summed E-state index contributed by atoms with van der Waals surface area (Å²) in [4.78, 5) is 27.8. The summed E-state index contributed by atoms with van der Waals surface area (Å²) in [6.45, 7) is 6.63. The molecule has 154 valence electrons. The molecule has 1 aliphatic heterocycles. The molecule has 2 atom stereocenters. The zero-order chi connectivity index (χ0) is 20.8. The van der Waals surface area contributed by atoms with Crippen LogP contribution in [-0.2, 0) is 29.0 Å². The molecule has 1 aliphatic rings. The van der Waals surface area contributed by atoms with E-state index in [1.54, 1.807) is 4.90 Å². The number of nitrogens with zero attached hydrogens (tertiary/aromatic N) is 1. The van der Waals surface area contributed by atoms with Gasteiger partial charge in [-0.2, -0.15) is 0 Å². The summed E-state index contributed by atoms with van der Waals surface area (Å²) >= 11 is 0. The minimum absolute atomic E-state index is 0.0443. The molecular formula is C25H32N2O2. The maximum Gasteiger partial charge on any atom is 0.243 e. The van der Waals surface area contributed by atoms with E-state index in [0.717, 1.165) is 24.0 Å². The lowest BCUT2D eigenvalue weighted by atomic mass is 9.92. The first-order chi connectivity index (χ1) is 13.9. The van der Waals surface area contributed by atoms with E-state index in [-0.39, 0.29) is 23.8 Å². The molecule has 2 aromatic rings. The number of carbonyl (C=O) groups is 2. The summed E-state index contributed by atoms with van der Waals surface area (Å²) in [5, 5.41) is 3.16. The average molecular weight is 393 g/mol. The van der Waals surface area contributed by atoms with Crippen molar-refractivity contribution in [2.75, 3.05) is 0 Å². The van der Waals surface area contributed by atoms with E-state index < -0.39 is 6.04 Å². The number of carbonyl (C=O) groups excluding carboxylic acids is 2. The summed E-state index contributed by atoms with van der Waals surface area (Å²) in [5.41, 5.74) is 3.58. The normalized spacial score (nSPS) is 17.0. The lowest BCUT2D eigenvalue weighted by molar-refractivity contribution is -0.142. The van der Waals surface area contributed by atoms with Gasteiger partial charge in [-0.25, -0.2) is 0 Å². The van der Waals surface area contributed by atoms with Crippen LogP contribution in [0.4, 0.5) is 0 Å². The molecule has 2 unspecified atom stereocenters. The van der Waals surface area contributed by atoms with Crippen LogP contribution in [0.5, 0.6) is 0 Å². The van der Waals surface area contributed by atoms with Gasteiger partial charge in [0.15, 0.2) is 0 Å². The van der Waals surface area contributed by atoms with E-state index in [1.807, 2.05) is 51.1 Å². The highest BCUT2D eigenvalue weighted by Crippen LogP contribution is 2.25. The van der Waals surface area contributed by atoms with Crippen molar-refractivity contribution in [3.05, 3.63) is 71.3 Å². The standard InChI is InChI=1S/C25H32N2O2/c1-18(2)15-24(28)27-17-22-12-8-7-11-21(22)16-23(27)25(29)26-19(3)13-14-20-9-5-4-6-10-20/h4-12,18-19,23H,13-17H2,1-3H3,(H,26,29). The van der Waals surface area contributed by atoms with Gasteiger partial charge in [-0.05, 0) is 42.4 Å². The molecule has 0 bridgehead atoms. The molecule has 0 aliphatic carbocycles. The van der Waals surface area contributed by atoms with Crippen LogP contribution in [0.2, 0.25) is 0 Å². The molecule has 4 nitrogen and oxygen atoms in total. The number of nitrogens with one attached hydrogen (secondary N) is 1. The number of hydrogen-bond acceptors (Lipinski definition) is 2. The molecule has 4 heteroatoms. The van der Waals surface area contributed by atoms with E-state index in [1.165, 1.54) is 5.56 Å². The molecule has 0 radical (unpaired) electrons. The van der Waals surface area contributed by atoms with Gasteiger partial charge in [0.25, 0.3) is 0 Å². The molecule has 0 spiro atoms. The average Bonchev–Trinajstić information content (AvgIpc) is 2.71. The minimum atomic E-state index is -0.435. The predicted octanol–water partition coefficient (Wildman–Crippen LogP) is 4.12. The molecule has 3 rings (SSSR count). The molecular weight excluding hydrogens is 360 g/mol. The van der Waals surface area contributed by atoms with Crippen LogP contribution < -0.4 is 5.32 Å². The fraction of sp³-hybridized carbons (Fsp3) is 0.440. The largest absolute Gasteiger partial charge is 0.352 e. The molecule has 2 aromatic carbocycles. The fourth-order valence-corrected chi connectivity index (χ4v) is 3.92. The van der Waals surface area contributed by atoms with Gasteiger partial charge in [0.1, 0.15) is 6.04 Å². The quantitative estimate of drug-likeness (QED) is 0.770. The Hall–Kier alpha value is -2.62. The van der Waals surface area contributed by atoms with E-state index in [2.05, 4.69) is 29.6 Å². The second-order valence-electron chi connectivity index (χ2n) is 8.54. The zero-order valence-electron chi connectivity index (χ0n) is 17.7. The Balaban J connectivity index is 1.67. The first-order valence-electron chi connectivity index (χ1n) is 10.6. The van der Waals surface area contributed by atoms with E-state index in [4.69, 9.17) is 0 Å². The number of hydrogen-bond donors (Lipinski definition) is 1. The van der Waals surface area contributed by atoms with Crippen LogP contribution in [0.15, 0.2) is 54.6 Å². The number of aryl methyl sites for hydroxylation is 1. The Morgan fingerprint density at radius 3 is 2.34 bits per heavy atom. The molecule has 1 N–H and O–H groups in total. The molecule has 0 saturated heterocycles. The summed E-state index contributed by atoms with van der Waals surface area (Å²) < 4.78 is 0. The number of rotatable bonds is 7. The Kier molecular flexibility index (Phi) is 7.08. The first kappa shape index (κ1) is 21.1. The SMILES string of the molecule is CC(C)CC(=O)N1Cc2ccccc2CC1C(=O)NC(C)CCc1ccccc1. The van der Waals surface area contributed by atoms with Crippen molar-refractivity contribution in [1.29, 1.82) is 0 Å². The number of fused-ring (bicyclic) bond motifs is 1. The third-order valence-corrected chi connectivity index (χ3v) is 5.55. The Labute approximate surface area is 174 Å². The monoisotopic (exact) mass is 392 g/mol. The summed E-state index contributed by atoms with van der Waals surface area (Å²) in [6, 6.07) is 18.1. The Morgan fingerprint density at radius 2 is 1.66 bits per heavy atom. The van der Waals surface area contributed by atoms with Crippen LogP contribution >= 0.6 is 0 Å². The maximum atomic E-state index is 13.1. The van der Waals surface area contributed by atoms with Gasteiger partial charge < -0.3 is 10.2 Å². The van der Waals surface area contributed by atoms with Crippen LogP contribution in [0.25, 0.3) is 0 Å². The van der Waals surface area contributed by atoms with Crippen molar-refractivity contribution < 1.29 is 9.59 Å². The molecule has 2 amide bonds. The van der Waals surface area contributed by atoms with E-state index in [0.29, 0.717) is 19.4 Å². The number of amides is 2. The molecule has 1 heterocycles. The minimum Gasteiger partial charge on any atom is -0.352 e. The van der Waals surface area contributed by atoms with Crippen LogP contribution in [0.1, 0.15) is 50.3 Å². The van der Waals surface area contributed by atoms with Crippen molar-refractivity contribution in [3.8, 4) is 0 Å². The van der Waals surface area contributed by atoms with Gasteiger partial charge in [-0.15, -0.1) is 0 Å². The molecule has 0 fully saturated rings. The predicted molar refractivity (Wildman–Crippen MR) is 116 cm³/mol. The van der Waals surface area contributed by atoms with E-state index in [9.17, 15) is 9.59 Å². The first-order valence-corrected chi connectivity index (χ1v) is 10.6. The van der Waals surface area contributed by atoms with Crippen molar-refractivity contribution in [3.63, 3.8) is 0 Å². The highest BCUT2D eigenvalue weighted by Gasteiger charge is 2.34. The van der Waals surface area contributed by atoms with Crippen molar-refractivity contribution in [1.82, 2.24) is 10.2 Å². The third-order valence-electron chi connectivity index (χ3n) is 5.55. The van der Waals surface area contributed by atoms with Gasteiger partial charge in [-0.1, -0.05) is 68.4 Å². The second-order valence-corrected chi connectivity index (χ2v) is 8.54. The lowest BCUT2D eigenvalue weighted by Crippen LogP contribution is -2.54. The molecule has 29 heavy (non-hydrogen) atoms. The maximum absolute atomic E-state index is 13.1. The lowest BCUT2D eigenvalue weighted by Gasteiger charge is -2.37. The van der Waals surface area contributed by atoms with E-state index >= 15 is 0 Å². The van der Waals surface area contributed by atoms with Crippen LogP contribution in [0.3, 0.4) is 0 Å². The van der Waals surface area contributed by atoms with Crippen molar-refractivity contribution in [2.24, 2.45) is 5.92 Å². The van der Waals surface area contributed by atoms with Crippen molar-refractivity contribution in [2.45, 2.75) is 65.1 Å². The summed E-state index contributed by atoms with van der Waals surface area (Å²) in [7, 11) is 0. The topological polar surface area (TPSA) is 49.4 Å². The van der Waals surface area contributed by atoms with Gasteiger partial charge in [0.05, 0.1) is 0 Å². The van der Waals surface area contributed by atoms with Crippen LogP contribution in [0, 0.1) is 5.92 Å². The highest BCUT2D eigenvalue weighted by atomic mass is 16.2. The Morgan fingerprint density at radius 1 is 1.00 bits per heavy atom. The van der Waals surface area contributed by atoms with Gasteiger partial charge in [0.2, 0.25) is 11.8 Å². The second kappa shape index (κ2) is 9.73. The zero-order valence-corrected chi connectivity index (χ0v) is 17.7. The third kappa shape index (κ3) is 5.69. The highest BCUT2D eigenvalue weighted by molar-refractivity contribution is 5.88. The molecule has 0 aromatic heterocycles. The van der Waals surface area contributed by atoms with Gasteiger partial charge >= 0.3 is 0 Å². The summed E-state index contributed by atoms with van der Waals surface area (Å²) in [5.74, 6) is 0.289.